The van der Waals surface area contributed by atoms with Crippen molar-refractivity contribution in [1.29, 1.82) is 0 Å². The van der Waals surface area contributed by atoms with Crippen LogP contribution in [0.3, 0.4) is 0 Å². The Hall–Kier alpha value is -2.35. The van der Waals surface area contributed by atoms with Gasteiger partial charge in [0, 0.05) is 33.2 Å². The van der Waals surface area contributed by atoms with Crippen LogP contribution in [0.5, 0.6) is 0 Å². The van der Waals surface area contributed by atoms with Gasteiger partial charge in [0.2, 0.25) is 5.89 Å². The number of aryl methyl sites for hydroxylation is 1. The Balaban J connectivity index is 1.47. The van der Waals surface area contributed by atoms with Crippen LogP contribution in [-0.4, -0.2) is 54.2 Å². The minimum atomic E-state index is -0.0628. The Kier molecular flexibility index (Phi) is 4.84. The molecule has 8 heteroatoms. The van der Waals surface area contributed by atoms with Crippen LogP contribution in [-0.2, 0) is 6.54 Å². The molecule has 8 nitrogen and oxygen atoms in total. The van der Waals surface area contributed by atoms with E-state index in [0.29, 0.717) is 29.7 Å². The maximum atomic E-state index is 12.2. The fourth-order valence-electron chi connectivity index (χ4n) is 2.80. The molecule has 2 aromatic heterocycles. The van der Waals surface area contributed by atoms with E-state index in [1.807, 2.05) is 19.0 Å². The number of carbonyl (C=O) groups is 1. The molecule has 24 heavy (non-hydrogen) atoms. The number of amides is 1. The number of anilines is 1. The molecule has 1 aliphatic rings. The summed E-state index contributed by atoms with van der Waals surface area (Å²) in [6.45, 7) is 4.20. The number of aromatic nitrogens is 2. The second kappa shape index (κ2) is 7.04. The van der Waals surface area contributed by atoms with Gasteiger partial charge in [0.25, 0.3) is 11.9 Å². The predicted octanol–water partition coefficient (Wildman–Crippen LogP) is 1.43. The highest BCUT2D eigenvalue weighted by atomic mass is 16.5. The lowest BCUT2D eigenvalue weighted by molar-refractivity contribution is 0.0903. The van der Waals surface area contributed by atoms with Crippen LogP contribution in [0.1, 0.15) is 34.9 Å². The highest BCUT2D eigenvalue weighted by Crippen LogP contribution is 2.16. The minimum Gasteiger partial charge on any atom is -0.469 e. The normalized spacial score (nSPS) is 16.3. The summed E-state index contributed by atoms with van der Waals surface area (Å²) in [5.74, 6) is 1.79. The van der Waals surface area contributed by atoms with E-state index >= 15 is 0 Å². The molecule has 0 spiro atoms. The monoisotopic (exact) mass is 333 g/mol. The van der Waals surface area contributed by atoms with E-state index in [4.69, 9.17) is 8.94 Å². The molecule has 0 bridgehead atoms. The lowest BCUT2D eigenvalue weighted by Gasteiger charge is -2.31. The fraction of sp³-hybridized carbons (Fsp3) is 0.562. The second-order valence-corrected chi connectivity index (χ2v) is 6.30. The SMILES string of the molecule is Cc1occc1C(=O)NC1CCN(Cc2nc(N(C)C)no2)CC1. The zero-order valence-electron chi connectivity index (χ0n) is 14.3. The maximum Gasteiger partial charge on any atom is 0.265 e. The third-order valence-corrected chi connectivity index (χ3v) is 4.24. The number of rotatable bonds is 5. The van der Waals surface area contributed by atoms with E-state index < -0.39 is 0 Å². The van der Waals surface area contributed by atoms with Gasteiger partial charge < -0.3 is 19.2 Å². The van der Waals surface area contributed by atoms with Crippen LogP contribution in [0.4, 0.5) is 5.95 Å². The smallest absolute Gasteiger partial charge is 0.265 e. The van der Waals surface area contributed by atoms with Gasteiger partial charge in [0.05, 0.1) is 18.4 Å². The van der Waals surface area contributed by atoms with E-state index in [9.17, 15) is 4.79 Å². The summed E-state index contributed by atoms with van der Waals surface area (Å²) in [6.07, 6.45) is 3.34. The molecular weight excluding hydrogens is 310 g/mol. The van der Waals surface area contributed by atoms with Gasteiger partial charge in [-0.3, -0.25) is 9.69 Å². The van der Waals surface area contributed by atoms with Crippen LogP contribution >= 0.6 is 0 Å². The minimum absolute atomic E-state index is 0.0628. The molecule has 1 fully saturated rings. The lowest BCUT2D eigenvalue weighted by atomic mass is 10.0. The fourth-order valence-corrected chi connectivity index (χ4v) is 2.80. The van der Waals surface area contributed by atoms with E-state index in [-0.39, 0.29) is 11.9 Å². The van der Waals surface area contributed by atoms with Crippen LogP contribution in [0.2, 0.25) is 0 Å². The standard InChI is InChI=1S/C16H23N5O3/c1-11-13(6-9-23-11)15(22)17-12-4-7-21(8-5-12)10-14-18-16(19-24-14)20(2)3/h6,9,12H,4-5,7-8,10H2,1-3H3,(H,17,22). The van der Waals surface area contributed by atoms with Gasteiger partial charge in [-0.05, 0) is 31.0 Å². The zero-order chi connectivity index (χ0) is 17.1. The molecule has 3 heterocycles. The van der Waals surface area contributed by atoms with Crippen LogP contribution in [0.25, 0.3) is 0 Å². The van der Waals surface area contributed by atoms with Crippen molar-refractivity contribution in [1.82, 2.24) is 20.4 Å². The highest BCUT2D eigenvalue weighted by molar-refractivity contribution is 5.95. The van der Waals surface area contributed by atoms with E-state index in [0.717, 1.165) is 25.9 Å². The first-order valence-electron chi connectivity index (χ1n) is 8.10. The molecule has 1 amide bonds. The number of hydrogen-bond acceptors (Lipinski definition) is 7. The molecule has 1 N–H and O–H groups in total. The van der Waals surface area contributed by atoms with Crippen molar-refractivity contribution >= 4 is 11.9 Å². The van der Waals surface area contributed by atoms with Crippen molar-refractivity contribution in [3.63, 3.8) is 0 Å². The maximum absolute atomic E-state index is 12.2. The topological polar surface area (TPSA) is 87.6 Å². The Labute approximate surface area is 140 Å². The molecule has 0 saturated carbocycles. The number of carbonyl (C=O) groups excluding carboxylic acids is 1. The summed E-state index contributed by atoms with van der Waals surface area (Å²) in [5, 5.41) is 7.00. The number of piperidine rings is 1. The largest absolute Gasteiger partial charge is 0.469 e. The summed E-state index contributed by atoms with van der Waals surface area (Å²) in [7, 11) is 3.76. The number of nitrogens with one attached hydrogen (secondary N) is 1. The first-order valence-corrected chi connectivity index (χ1v) is 8.10. The Morgan fingerprint density at radius 1 is 1.42 bits per heavy atom. The first kappa shape index (κ1) is 16.5. The molecule has 0 aliphatic carbocycles. The van der Waals surface area contributed by atoms with Gasteiger partial charge in [-0.1, -0.05) is 0 Å². The number of likely N-dealkylation sites (tertiary alicyclic amines) is 1. The van der Waals surface area contributed by atoms with Gasteiger partial charge in [-0.2, -0.15) is 4.98 Å². The summed E-state index contributed by atoms with van der Waals surface area (Å²) < 4.78 is 10.4. The van der Waals surface area contributed by atoms with Crippen molar-refractivity contribution < 1.29 is 13.7 Å². The molecule has 0 aromatic carbocycles. The van der Waals surface area contributed by atoms with Gasteiger partial charge in [-0.15, -0.1) is 0 Å². The molecule has 0 radical (unpaired) electrons. The molecule has 130 valence electrons. The third kappa shape index (κ3) is 3.76. The van der Waals surface area contributed by atoms with E-state index in [1.165, 1.54) is 0 Å². The van der Waals surface area contributed by atoms with Gasteiger partial charge in [0.1, 0.15) is 5.76 Å². The predicted molar refractivity (Wildman–Crippen MR) is 87.8 cm³/mol. The second-order valence-electron chi connectivity index (χ2n) is 6.30. The first-order chi connectivity index (χ1) is 11.5. The van der Waals surface area contributed by atoms with E-state index in [1.54, 1.807) is 19.3 Å². The average molecular weight is 333 g/mol. The summed E-state index contributed by atoms with van der Waals surface area (Å²) in [4.78, 5) is 20.6. The zero-order valence-corrected chi connectivity index (χ0v) is 14.3. The summed E-state index contributed by atoms with van der Waals surface area (Å²) >= 11 is 0. The van der Waals surface area contributed by atoms with E-state index in [2.05, 4.69) is 20.4 Å². The van der Waals surface area contributed by atoms with Gasteiger partial charge in [-0.25, -0.2) is 0 Å². The molecule has 0 unspecified atom stereocenters. The average Bonchev–Trinajstić information content (AvgIpc) is 3.18. The van der Waals surface area contributed by atoms with Crippen molar-refractivity contribution in [3.05, 3.63) is 29.5 Å². The van der Waals surface area contributed by atoms with Crippen molar-refractivity contribution in [2.75, 3.05) is 32.1 Å². The van der Waals surface area contributed by atoms with Gasteiger partial charge >= 0.3 is 0 Å². The lowest BCUT2D eigenvalue weighted by Crippen LogP contribution is -2.44. The molecule has 1 aliphatic heterocycles. The Morgan fingerprint density at radius 2 is 2.17 bits per heavy atom. The summed E-state index contributed by atoms with van der Waals surface area (Å²) in [5.41, 5.74) is 0.611. The van der Waals surface area contributed by atoms with Crippen molar-refractivity contribution in [2.24, 2.45) is 0 Å². The number of hydrogen-bond donors (Lipinski definition) is 1. The van der Waals surface area contributed by atoms with Crippen LogP contribution < -0.4 is 10.2 Å². The molecule has 0 atom stereocenters. The quantitative estimate of drug-likeness (QED) is 0.885. The van der Waals surface area contributed by atoms with Gasteiger partial charge in [0.15, 0.2) is 0 Å². The molecule has 2 aromatic rings. The number of nitrogens with zero attached hydrogens (tertiary/aromatic N) is 4. The Bertz CT molecular complexity index is 685. The molecule has 3 rings (SSSR count). The highest BCUT2D eigenvalue weighted by Gasteiger charge is 2.23. The van der Waals surface area contributed by atoms with Crippen molar-refractivity contribution in [3.8, 4) is 0 Å². The number of furan rings is 1. The summed E-state index contributed by atoms with van der Waals surface area (Å²) in [6, 6.07) is 1.89. The van der Waals surface area contributed by atoms with Crippen LogP contribution in [0, 0.1) is 6.92 Å². The molecule has 1 saturated heterocycles. The van der Waals surface area contributed by atoms with Crippen LogP contribution in [0.15, 0.2) is 21.3 Å². The Morgan fingerprint density at radius 3 is 2.75 bits per heavy atom. The van der Waals surface area contributed by atoms with Crippen molar-refractivity contribution in [2.45, 2.75) is 32.4 Å². The third-order valence-electron chi connectivity index (χ3n) is 4.24. The molecular formula is C16H23N5O3.